The molecule has 9 heteroatoms. The van der Waals surface area contributed by atoms with E-state index in [-0.39, 0.29) is 33.2 Å². The van der Waals surface area contributed by atoms with Crippen molar-refractivity contribution in [3.05, 3.63) is 98.5 Å². The third kappa shape index (κ3) is 5.22. The molecule has 0 aliphatic carbocycles. The van der Waals surface area contributed by atoms with Gasteiger partial charge < -0.3 is 4.18 Å². The maximum atomic E-state index is 12.8. The van der Waals surface area contributed by atoms with Crippen molar-refractivity contribution in [2.24, 2.45) is 0 Å². The number of halogens is 1. The van der Waals surface area contributed by atoms with Crippen molar-refractivity contribution < 1.29 is 22.2 Å². The van der Waals surface area contributed by atoms with Gasteiger partial charge in [0.15, 0.2) is 0 Å². The second-order valence-electron chi connectivity index (χ2n) is 6.82. The summed E-state index contributed by atoms with van der Waals surface area (Å²) in [5.41, 5.74) is 1.40. The van der Waals surface area contributed by atoms with Crippen molar-refractivity contribution in [3.63, 3.8) is 0 Å². The van der Waals surface area contributed by atoms with E-state index in [4.69, 9.17) is 4.18 Å². The maximum Gasteiger partial charge on any atom is 0.339 e. The Morgan fingerprint density at radius 1 is 0.938 bits per heavy atom. The number of hydrogen-bond acceptors (Lipinski definition) is 6. The van der Waals surface area contributed by atoms with Crippen LogP contribution in [0.25, 0.3) is 6.08 Å². The number of thioether (sulfide) groups is 1. The van der Waals surface area contributed by atoms with Crippen LogP contribution in [0.15, 0.2) is 88.7 Å². The molecule has 0 saturated carbocycles. The van der Waals surface area contributed by atoms with Gasteiger partial charge >= 0.3 is 10.1 Å². The molecule has 1 heterocycles. The van der Waals surface area contributed by atoms with E-state index in [0.29, 0.717) is 5.56 Å². The maximum absolute atomic E-state index is 12.8. The zero-order chi connectivity index (χ0) is 22.7. The summed E-state index contributed by atoms with van der Waals surface area (Å²) in [6.45, 7) is 0.192. The quantitative estimate of drug-likeness (QED) is 0.225. The van der Waals surface area contributed by atoms with Crippen LogP contribution in [-0.2, 0) is 21.5 Å². The zero-order valence-electron chi connectivity index (χ0n) is 16.5. The fourth-order valence-corrected chi connectivity index (χ4v) is 5.12. The summed E-state index contributed by atoms with van der Waals surface area (Å²) in [5, 5.41) is -0.348. The van der Waals surface area contributed by atoms with E-state index in [1.165, 1.54) is 29.2 Å². The fraction of sp³-hybridized carbons (Fsp3) is 0.0435. The first-order valence-electron chi connectivity index (χ1n) is 9.41. The van der Waals surface area contributed by atoms with E-state index in [9.17, 15) is 18.0 Å². The molecule has 162 valence electrons. The first-order valence-corrected chi connectivity index (χ1v) is 12.7. The molecule has 1 fully saturated rings. The molecule has 1 aliphatic rings. The minimum Gasteiger partial charge on any atom is -0.379 e. The highest BCUT2D eigenvalue weighted by atomic mass is 127. The summed E-state index contributed by atoms with van der Waals surface area (Å²) < 4.78 is 31.2. The van der Waals surface area contributed by atoms with Crippen LogP contribution < -0.4 is 4.18 Å². The Hall–Kier alpha value is -2.63. The lowest BCUT2D eigenvalue weighted by Crippen LogP contribution is -2.27. The summed E-state index contributed by atoms with van der Waals surface area (Å²) in [6, 6.07) is 21.8. The van der Waals surface area contributed by atoms with Gasteiger partial charge in [-0.3, -0.25) is 14.5 Å². The van der Waals surface area contributed by atoms with E-state index >= 15 is 0 Å². The normalized spacial score (nSPS) is 15.4. The van der Waals surface area contributed by atoms with Crippen LogP contribution in [-0.4, -0.2) is 24.5 Å². The number of imide groups is 1. The van der Waals surface area contributed by atoms with Crippen molar-refractivity contribution in [1.82, 2.24) is 4.90 Å². The van der Waals surface area contributed by atoms with Gasteiger partial charge in [0.25, 0.3) is 11.1 Å². The Kier molecular flexibility index (Phi) is 6.68. The lowest BCUT2D eigenvalue weighted by molar-refractivity contribution is -0.123. The summed E-state index contributed by atoms with van der Waals surface area (Å²) in [7, 11) is -3.98. The molecule has 3 aromatic carbocycles. The van der Waals surface area contributed by atoms with Gasteiger partial charge in [0.1, 0.15) is 10.6 Å². The molecular weight excluding hydrogens is 561 g/mol. The second-order valence-corrected chi connectivity index (χ2v) is 10.6. The highest BCUT2D eigenvalue weighted by Gasteiger charge is 2.35. The number of rotatable bonds is 6. The lowest BCUT2D eigenvalue weighted by Gasteiger charge is -2.12. The first-order chi connectivity index (χ1) is 15.3. The zero-order valence-corrected chi connectivity index (χ0v) is 20.3. The van der Waals surface area contributed by atoms with Crippen LogP contribution >= 0.6 is 34.4 Å². The molecule has 0 unspecified atom stereocenters. The molecular formula is C23H16INO5S2. The summed E-state index contributed by atoms with van der Waals surface area (Å²) in [4.78, 5) is 26.7. The van der Waals surface area contributed by atoms with Gasteiger partial charge in [-0.2, -0.15) is 8.42 Å². The van der Waals surface area contributed by atoms with Crippen molar-refractivity contribution in [3.8, 4) is 5.75 Å². The SMILES string of the molecule is O=C1S/C(=C\c2cccc(OS(=O)(=O)c3ccccc3)c2)C(=O)N1Cc1ccc(I)cc1. The van der Waals surface area contributed by atoms with Gasteiger partial charge in [0.05, 0.1) is 11.4 Å². The number of benzene rings is 3. The predicted octanol–water partition coefficient (Wildman–Crippen LogP) is 5.30. The van der Waals surface area contributed by atoms with Crippen molar-refractivity contribution in [1.29, 1.82) is 0 Å². The van der Waals surface area contributed by atoms with Crippen molar-refractivity contribution in [2.45, 2.75) is 11.4 Å². The Bertz CT molecular complexity index is 1310. The second kappa shape index (κ2) is 9.47. The Morgan fingerprint density at radius 2 is 1.66 bits per heavy atom. The predicted molar refractivity (Wildman–Crippen MR) is 131 cm³/mol. The number of hydrogen-bond donors (Lipinski definition) is 0. The Morgan fingerprint density at radius 3 is 2.38 bits per heavy atom. The molecule has 4 rings (SSSR count). The number of carbonyl (C=O) groups is 2. The average molecular weight is 577 g/mol. The number of amides is 2. The van der Waals surface area contributed by atoms with Gasteiger partial charge in [-0.05, 0) is 88.0 Å². The highest BCUT2D eigenvalue weighted by Crippen LogP contribution is 2.34. The van der Waals surface area contributed by atoms with E-state index in [1.807, 2.05) is 24.3 Å². The topological polar surface area (TPSA) is 80.8 Å². The van der Waals surface area contributed by atoms with E-state index in [1.54, 1.807) is 36.4 Å². The monoisotopic (exact) mass is 577 g/mol. The van der Waals surface area contributed by atoms with Crippen LogP contribution in [0.3, 0.4) is 0 Å². The van der Waals surface area contributed by atoms with Gasteiger partial charge in [0.2, 0.25) is 0 Å². The van der Waals surface area contributed by atoms with Gasteiger partial charge in [-0.1, -0.05) is 42.5 Å². The molecule has 0 radical (unpaired) electrons. The third-order valence-electron chi connectivity index (χ3n) is 4.52. The number of nitrogens with zero attached hydrogens (tertiary/aromatic N) is 1. The van der Waals surface area contributed by atoms with Crippen LogP contribution in [0, 0.1) is 3.57 Å². The summed E-state index contributed by atoms with van der Waals surface area (Å²) in [6.07, 6.45) is 1.56. The Balaban J connectivity index is 1.52. The molecule has 32 heavy (non-hydrogen) atoms. The van der Waals surface area contributed by atoms with Gasteiger partial charge in [-0.15, -0.1) is 0 Å². The number of carbonyl (C=O) groups excluding carboxylic acids is 2. The molecule has 0 spiro atoms. The van der Waals surface area contributed by atoms with Crippen molar-refractivity contribution >= 4 is 61.7 Å². The summed E-state index contributed by atoms with van der Waals surface area (Å²) >= 11 is 3.04. The molecule has 0 atom stereocenters. The van der Waals surface area contributed by atoms with E-state index in [2.05, 4.69) is 22.6 Å². The molecule has 0 bridgehead atoms. The van der Waals surface area contributed by atoms with Crippen LogP contribution in [0.4, 0.5) is 4.79 Å². The molecule has 0 aromatic heterocycles. The molecule has 3 aromatic rings. The van der Waals surface area contributed by atoms with Crippen LogP contribution in [0.5, 0.6) is 5.75 Å². The minimum atomic E-state index is -3.98. The molecule has 1 aliphatic heterocycles. The molecule has 2 amide bonds. The minimum absolute atomic E-state index is 0.0436. The van der Waals surface area contributed by atoms with Crippen molar-refractivity contribution in [2.75, 3.05) is 0 Å². The third-order valence-corrected chi connectivity index (χ3v) is 7.41. The smallest absolute Gasteiger partial charge is 0.339 e. The fourth-order valence-electron chi connectivity index (χ4n) is 2.98. The molecule has 6 nitrogen and oxygen atoms in total. The standard InChI is InChI=1S/C23H16INO5S2/c24-18-11-9-16(10-12-18)15-25-22(26)21(31-23(25)27)14-17-5-4-6-19(13-17)30-32(28,29)20-7-2-1-3-8-20/h1-14H,15H2/b21-14-. The first kappa shape index (κ1) is 22.6. The molecule has 0 N–H and O–H groups in total. The molecule has 1 saturated heterocycles. The summed E-state index contributed by atoms with van der Waals surface area (Å²) in [5.74, 6) is -0.275. The average Bonchev–Trinajstić information content (AvgIpc) is 3.03. The van der Waals surface area contributed by atoms with Crippen LogP contribution in [0.1, 0.15) is 11.1 Å². The van der Waals surface area contributed by atoms with E-state index in [0.717, 1.165) is 20.9 Å². The highest BCUT2D eigenvalue weighted by molar-refractivity contribution is 14.1. The van der Waals surface area contributed by atoms with Crippen LogP contribution in [0.2, 0.25) is 0 Å². The van der Waals surface area contributed by atoms with Gasteiger partial charge in [-0.25, -0.2) is 0 Å². The largest absolute Gasteiger partial charge is 0.379 e. The lowest BCUT2D eigenvalue weighted by atomic mass is 10.2. The Labute approximate surface area is 203 Å². The van der Waals surface area contributed by atoms with Gasteiger partial charge in [0, 0.05) is 3.57 Å². The van der Waals surface area contributed by atoms with E-state index < -0.39 is 10.1 Å².